The molecule has 0 bridgehead atoms. The van der Waals surface area contributed by atoms with Crippen molar-refractivity contribution in [3.63, 3.8) is 0 Å². The van der Waals surface area contributed by atoms with Crippen LogP contribution in [-0.4, -0.2) is 11.2 Å². The summed E-state index contributed by atoms with van der Waals surface area (Å²) in [5, 5.41) is 8.39. The van der Waals surface area contributed by atoms with Crippen molar-refractivity contribution in [3.8, 4) is 17.0 Å². The molecular weight excluding hydrogens is 437 g/mol. The van der Waals surface area contributed by atoms with E-state index in [0.717, 1.165) is 28.1 Å². The second kappa shape index (κ2) is 9.76. The first-order chi connectivity index (χ1) is 14.7. The maximum absolute atomic E-state index is 5.94. The summed E-state index contributed by atoms with van der Waals surface area (Å²) in [5.74, 6) is 0.771. The second-order valence-corrected chi connectivity index (χ2v) is 8.13. The predicted molar refractivity (Wildman–Crippen MR) is 126 cm³/mol. The Hall–Kier alpha value is -2.86. The summed E-state index contributed by atoms with van der Waals surface area (Å²) in [6.07, 6.45) is 1.73. The lowest BCUT2D eigenvalue weighted by molar-refractivity contribution is 0.306. The van der Waals surface area contributed by atoms with Gasteiger partial charge in [-0.3, -0.25) is 5.43 Å². The van der Waals surface area contributed by atoms with Crippen molar-refractivity contribution in [1.29, 1.82) is 0 Å². The standard InChI is InChI=1S/C23H17Cl2N3OS/c24-19-8-4-16(5-9-19)14-29-21-3-1-2-17(12-21)13-26-28-23-27-22(15-30-23)18-6-10-20(25)11-7-18/h1-13,15H,14H2,(H,27,28)/b26-13-. The van der Waals surface area contributed by atoms with Crippen LogP contribution in [0, 0.1) is 0 Å². The molecule has 3 aromatic carbocycles. The molecule has 4 aromatic rings. The van der Waals surface area contributed by atoms with Crippen LogP contribution >= 0.6 is 34.5 Å². The topological polar surface area (TPSA) is 46.5 Å². The summed E-state index contributed by atoms with van der Waals surface area (Å²) < 4.78 is 5.85. The highest BCUT2D eigenvalue weighted by Crippen LogP contribution is 2.26. The minimum Gasteiger partial charge on any atom is -0.489 e. The third kappa shape index (κ3) is 5.60. The fourth-order valence-corrected chi connectivity index (χ4v) is 3.59. The average Bonchev–Trinajstić information content (AvgIpc) is 3.23. The summed E-state index contributed by atoms with van der Waals surface area (Å²) >= 11 is 13.3. The van der Waals surface area contributed by atoms with Crippen molar-refractivity contribution in [1.82, 2.24) is 4.98 Å². The lowest BCUT2D eigenvalue weighted by atomic mass is 10.2. The first-order valence-electron chi connectivity index (χ1n) is 9.13. The van der Waals surface area contributed by atoms with Crippen LogP contribution in [-0.2, 0) is 6.61 Å². The summed E-state index contributed by atoms with van der Waals surface area (Å²) in [7, 11) is 0. The Labute approximate surface area is 188 Å². The molecule has 0 aliphatic rings. The first-order valence-corrected chi connectivity index (χ1v) is 10.8. The predicted octanol–water partition coefficient (Wildman–Crippen LogP) is 7.14. The fraction of sp³-hybridized carbons (Fsp3) is 0.0435. The number of halogens is 2. The van der Waals surface area contributed by atoms with Crippen LogP contribution in [0.3, 0.4) is 0 Å². The number of rotatable bonds is 7. The molecule has 0 saturated carbocycles. The number of thiazole rings is 1. The fourth-order valence-electron chi connectivity index (χ4n) is 2.67. The zero-order valence-electron chi connectivity index (χ0n) is 15.8. The molecule has 0 fully saturated rings. The quantitative estimate of drug-likeness (QED) is 0.238. The highest BCUT2D eigenvalue weighted by Gasteiger charge is 2.04. The van der Waals surface area contributed by atoms with Crippen molar-refractivity contribution in [2.75, 3.05) is 5.43 Å². The molecule has 1 aromatic heterocycles. The zero-order valence-corrected chi connectivity index (χ0v) is 18.1. The number of ether oxygens (including phenoxy) is 1. The monoisotopic (exact) mass is 453 g/mol. The number of benzene rings is 3. The van der Waals surface area contributed by atoms with Gasteiger partial charge in [-0.1, -0.05) is 59.6 Å². The Morgan fingerprint density at radius 1 is 0.967 bits per heavy atom. The van der Waals surface area contributed by atoms with E-state index in [9.17, 15) is 0 Å². The van der Waals surface area contributed by atoms with E-state index < -0.39 is 0 Å². The van der Waals surface area contributed by atoms with Crippen LogP contribution in [0.1, 0.15) is 11.1 Å². The molecule has 0 aliphatic carbocycles. The van der Waals surface area contributed by atoms with Crippen LogP contribution in [0.5, 0.6) is 5.75 Å². The normalized spacial score (nSPS) is 11.0. The third-order valence-electron chi connectivity index (χ3n) is 4.19. The van der Waals surface area contributed by atoms with E-state index in [2.05, 4.69) is 15.5 Å². The van der Waals surface area contributed by atoms with Gasteiger partial charge in [0, 0.05) is 21.0 Å². The molecular formula is C23H17Cl2N3OS. The largest absolute Gasteiger partial charge is 0.489 e. The lowest BCUT2D eigenvalue weighted by Gasteiger charge is -2.07. The lowest BCUT2D eigenvalue weighted by Crippen LogP contribution is -1.96. The highest BCUT2D eigenvalue weighted by atomic mass is 35.5. The number of anilines is 1. The maximum Gasteiger partial charge on any atom is 0.203 e. The summed E-state index contributed by atoms with van der Waals surface area (Å²) in [5.41, 5.74) is 6.85. The van der Waals surface area contributed by atoms with Gasteiger partial charge in [-0.25, -0.2) is 4.98 Å². The molecule has 4 rings (SSSR count). The number of hydrogen-bond acceptors (Lipinski definition) is 5. The number of nitrogens with zero attached hydrogens (tertiary/aromatic N) is 2. The number of aromatic nitrogens is 1. The van der Waals surface area contributed by atoms with Crippen LogP contribution < -0.4 is 10.2 Å². The Morgan fingerprint density at radius 3 is 2.47 bits per heavy atom. The average molecular weight is 454 g/mol. The molecule has 0 saturated heterocycles. The van der Waals surface area contributed by atoms with Crippen LogP contribution in [0.4, 0.5) is 5.13 Å². The Kier molecular flexibility index (Phi) is 6.64. The summed E-state index contributed by atoms with van der Waals surface area (Å²) in [4.78, 5) is 4.54. The molecule has 1 heterocycles. The molecule has 4 nitrogen and oxygen atoms in total. The van der Waals surface area contributed by atoms with Crippen LogP contribution in [0.15, 0.2) is 83.3 Å². The van der Waals surface area contributed by atoms with Crippen molar-refractivity contribution < 1.29 is 4.74 Å². The van der Waals surface area contributed by atoms with E-state index >= 15 is 0 Å². The number of nitrogens with one attached hydrogen (secondary N) is 1. The minimum atomic E-state index is 0.475. The van der Waals surface area contributed by atoms with Crippen molar-refractivity contribution in [3.05, 3.63) is 99.3 Å². The molecule has 0 atom stereocenters. The summed E-state index contributed by atoms with van der Waals surface area (Å²) in [6.45, 7) is 0.475. The van der Waals surface area contributed by atoms with Gasteiger partial charge in [-0.2, -0.15) is 5.10 Å². The molecule has 0 spiro atoms. The molecule has 7 heteroatoms. The van der Waals surface area contributed by atoms with Crippen LogP contribution in [0.25, 0.3) is 11.3 Å². The van der Waals surface area contributed by atoms with Crippen molar-refractivity contribution in [2.24, 2.45) is 5.10 Å². The van der Waals surface area contributed by atoms with Gasteiger partial charge in [0.2, 0.25) is 5.13 Å². The van der Waals surface area contributed by atoms with E-state index in [1.165, 1.54) is 11.3 Å². The Morgan fingerprint density at radius 2 is 1.70 bits per heavy atom. The molecule has 0 radical (unpaired) electrons. The minimum absolute atomic E-state index is 0.475. The smallest absolute Gasteiger partial charge is 0.203 e. The maximum atomic E-state index is 5.94. The SMILES string of the molecule is Clc1ccc(COc2cccc(/C=N\Nc3nc(-c4ccc(Cl)cc4)cs3)c2)cc1. The van der Waals surface area contributed by atoms with E-state index in [-0.39, 0.29) is 0 Å². The van der Waals surface area contributed by atoms with Gasteiger partial charge in [-0.05, 0) is 47.5 Å². The van der Waals surface area contributed by atoms with E-state index in [1.807, 2.05) is 78.2 Å². The molecule has 30 heavy (non-hydrogen) atoms. The van der Waals surface area contributed by atoms with Gasteiger partial charge in [-0.15, -0.1) is 11.3 Å². The van der Waals surface area contributed by atoms with Gasteiger partial charge in [0.05, 0.1) is 11.9 Å². The third-order valence-corrected chi connectivity index (χ3v) is 5.45. The van der Waals surface area contributed by atoms with E-state index in [1.54, 1.807) is 6.21 Å². The molecule has 0 aliphatic heterocycles. The van der Waals surface area contributed by atoms with Gasteiger partial charge in [0.25, 0.3) is 0 Å². The van der Waals surface area contributed by atoms with E-state index in [4.69, 9.17) is 27.9 Å². The second-order valence-electron chi connectivity index (χ2n) is 6.40. The molecule has 0 unspecified atom stereocenters. The molecule has 1 N–H and O–H groups in total. The Balaban J connectivity index is 1.34. The van der Waals surface area contributed by atoms with Crippen LogP contribution in [0.2, 0.25) is 10.0 Å². The van der Waals surface area contributed by atoms with E-state index in [0.29, 0.717) is 21.8 Å². The van der Waals surface area contributed by atoms with Gasteiger partial charge >= 0.3 is 0 Å². The summed E-state index contributed by atoms with van der Waals surface area (Å²) in [6, 6.07) is 22.9. The highest BCUT2D eigenvalue weighted by molar-refractivity contribution is 7.14. The molecule has 0 amide bonds. The zero-order chi connectivity index (χ0) is 20.8. The molecule has 150 valence electrons. The first kappa shape index (κ1) is 20.4. The number of hydrazone groups is 1. The van der Waals surface area contributed by atoms with Gasteiger partial charge in [0.1, 0.15) is 12.4 Å². The number of hydrogen-bond donors (Lipinski definition) is 1. The van der Waals surface area contributed by atoms with Crippen molar-refractivity contribution in [2.45, 2.75) is 6.61 Å². The van der Waals surface area contributed by atoms with Gasteiger partial charge < -0.3 is 4.74 Å². The van der Waals surface area contributed by atoms with Gasteiger partial charge in [0.15, 0.2) is 0 Å². The van der Waals surface area contributed by atoms with Crippen molar-refractivity contribution >= 4 is 45.9 Å². The Bertz CT molecular complexity index is 1140.